The molecule has 0 atom stereocenters. The van der Waals surface area contributed by atoms with E-state index in [2.05, 4.69) is 31.1 Å². The molecule has 0 spiro atoms. The lowest BCUT2D eigenvalue weighted by atomic mass is 9.87. The Morgan fingerprint density at radius 2 is 1.71 bits per heavy atom. The number of carbonyl (C=O) groups is 1. The molecule has 0 bridgehead atoms. The molecule has 1 aliphatic heterocycles. The predicted octanol–water partition coefficient (Wildman–Crippen LogP) is 4.30. The highest BCUT2D eigenvalue weighted by Crippen LogP contribution is 2.31. The van der Waals surface area contributed by atoms with Crippen LogP contribution in [0.1, 0.15) is 56.1 Å². The fourth-order valence-corrected chi connectivity index (χ4v) is 5.43. The predicted molar refractivity (Wildman–Crippen MR) is 131 cm³/mol. The number of piperidine rings is 1. The average molecular weight is 483 g/mol. The molecule has 34 heavy (non-hydrogen) atoms. The second-order valence-electron chi connectivity index (χ2n) is 9.56. The molecule has 0 saturated carbocycles. The van der Waals surface area contributed by atoms with Gasteiger partial charge in [0, 0.05) is 25.0 Å². The Bertz CT molecular complexity index is 1290. The molecule has 0 aliphatic carbocycles. The van der Waals surface area contributed by atoms with Crippen molar-refractivity contribution in [3.8, 4) is 11.4 Å². The quantitative estimate of drug-likeness (QED) is 0.528. The van der Waals surface area contributed by atoms with Gasteiger partial charge in [-0.15, -0.1) is 0 Å². The van der Waals surface area contributed by atoms with Crippen molar-refractivity contribution in [2.75, 3.05) is 18.4 Å². The highest BCUT2D eigenvalue weighted by Gasteiger charge is 2.26. The zero-order valence-electron chi connectivity index (χ0n) is 19.7. The first kappa shape index (κ1) is 24.0. The van der Waals surface area contributed by atoms with E-state index in [0.29, 0.717) is 24.5 Å². The van der Waals surface area contributed by atoms with Crippen molar-refractivity contribution < 1.29 is 18.3 Å². The maximum Gasteiger partial charge on any atom is 0.275 e. The zero-order chi connectivity index (χ0) is 24.5. The second-order valence-corrected chi connectivity index (χ2v) is 11.5. The van der Waals surface area contributed by atoms with Crippen LogP contribution in [0.25, 0.3) is 5.69 Å². The summed E-state index contributed by atoms with van der Waals surface area (Å²) in [6.45, 7) is 7.26. The van der Waals surface area contributed by atoms with Crippen LogP contribution in [-0.4, -0.2) is 46.4 Å². The third-order valence-electron chi connectivity index (χ3n) is 6.01. The largest absolute Gasteiger partial charge is 0.506 e. The molecule has 1 aromatic heterocycles. The fourth-order valence-electron chi connectivity index (χ4n) is 3.91. The number of aromatic nitrogens is 2. The molecule has 1 fully saturated rings. The minimum Gasteiger partial charge on any atom is -0.506 e. The second kappa shape index (κ2) is 9.23. The van der Waals surface area contributed by atoms with E-state index in [0.717, 1.165) is 24.8 Å². The van der Waals surface area contributed by atoms with Gasteiger partial charge in [0.15, 0.2) is 0 Å². The number of hydrogen-bond donors (Lipinski definition) is 2. The molecule has 2 aromatic carbocycles. The van der Waals surface area contributed by atoms with Gasteiger partial charge in [-0.3, -0.25) is 4.79 Å². The lowest BCUT2D eigenvalue weighted by Gasteiger charge is -2.25. The molecule has 1 aliphatic rings. The summed E-state index contributed by atoms with van der Waals surface area (Å²) in [6, 6.07) is 11.7. The van der Waals surface area contributed by atoms with Gasteiger partial charge >= 0.3 is 0 Å². The van der Waals surface area contributed by atoms with Crippen molar-refractivity contribution in [3.63, 3.8) is 0 Å². The third-order valence-corrected chi connectivity index (χ3v) is 7.93. The van der Waals surface area contributed by atoms with Crippen molar-refractivity contribution in [2.45, 2.75) is 50.3 Å². The van der Waals surface area contributed by atoms with E-state index in [9.17, 15) is 18.3 Å². The Labute approximate surface area is 200 Å². The van der Waals surface area contributed by atoms with Gasteiger partial charge in [-0.25, -0.2) is 13.4 Å². The van der Waals surface area contributed by atoms with Gasteiger partial charge in [-0.1, -0.05) is 33.3 Å². The number of rotatable bonds is 5. The lowest BCUT2D eigenvalue weighted by Crippen LogP contribution is -2.35. The number of aromatic hydroxyl groups is 1. The minimum absolute atomic E-state index is 0.0220. The van der Waals surface area contributed by atoms with Crippen molar-refractivity contribution in [1.82, 2.24) is 13.9 Å². The number of anilines is 1. The highest BCUT2D eigenvalue weighted by molar-refractivity contribution is 7.89. The topological polar surface area (TPSA) is 105 Å². The normalized spacial score (nSPS) is 15.3. The molecule has 1 amide bonds. The van der Waals surface area contributed by atoms with Gasteiger partial charge < -0.3 is 15.0 Å². The van der Waals surface area contributed by atoms with Crippen LogP contribution < -0.4 is 5.32 Å². The standard InChI is InChI=1S/C25H30N4O4S/c1-25(2,3)18-7-12-23(30)21(15-18)27-24(31)22-16-28(17-26-22)19-8-10-20(11-9-19)34(32,33)29-13-5-4-6-14-29/h7-12,15-17,30H,4-6,13-14H2,1-3H3,(H,27,31). The van der Waals surface area contributed by atoms with E-state index in [1.807, 2.05) is 6.07 Å². The Morgan fingerprint density at radius 1 is 1.03 bits per heavy atom. The van der Waals surface area contributed by atoms with Gasteiger partial charge in [0.2, 0.25) is 10.0 Å². The number of nitrogens with one attached hydrogen (secondary N) is 1. The molecule has 180 valence electrons. The van der Waals surface area contributed by atoms with E-state index in [1.54, 1.807) is 47.2 Å². The maximum absolute atomic E-state index is 12.8. The summed E-state index contributed by atoms with van der Waals surface area (Å²) in [5.74, 6) is -0.476. The van der Waals surface area contributed by atoms with E-state index in [-0.39, 0.29) is 21.8 Å². The number of imidazole rings is 1. The van der Waals surface area contributed by atoms with Crippen molar-refractivity contribution in [1.29, 1.82) is 0 Å². The van der Waals surface area contributed by atoms with E-state index in [4.69, 9.17) is 0 Å². The number of sulfonamides is 1. The summed E-state index contributed by atoms with van der Waals surface area (Å²) in [6.07, 6.45) is 5.89. The molecule has 0 unspecified atom stereocenters. The van der Waals surface area contributed by atoms with Crippen molar-refractivity contribution >= 4 is 21.6 Å². The number of benzene rings is 2. The minimum atomic E-state index is -3.50. The fraction of sp³-hybridized carbons (Fsp3) is 0.360. The van der Waals surface area contributed by atoms with Crippen LogP contribution in [0.3, 0.4) is 0 Å². The van der Waals surface area contributed by atoms with Gasteiger partial charge in [0.05, 0.1) is 10.6 Å². The monoisotopic (exact) mass is 482 g/mol. The molecular weight excluding hydrogens is 452 g/mol. The number of nitrogens with zero attached hydrogens (tertiary/aromatic N) is 3. The smallest absolute Gasteiger partial charge is 0.275 e. The van der Waals surface area contributed by atoms with Gasteiger partial charge in [-0.2, -0.15) is 4.31 Å². The molecule has 1 saturated heterocycles. The molecule has 2 heterocycles. The number of carbonyl (C=O) groups excluding carboxylic acids is 1. The summed E-state index contributed by atoms with van der Waals surface area (Å²) in [5, 5.41) is 12.9. The van der Waals surface area contributed by atoms with Crippen LogP contribution in [0.5, 0.6) is 5.75 Å². The average Bonchev–Trinajstić information content (AvgIpc) is 3.31. The van der Waals surface area contributed by atoms with Crippen LogP contribution >= 0.6 is 0 Å². The van der Waals surface area contributed by atoms with Crippen LogP contribution in [0.15, 0.2) is 59.9 Å². The summed E-state index contributed by atoms with van der Waals surface area (Å²) in [5.41, 5.74) is 2.01. The first-order valence-corrected chi connectivity index (χ1v) is 12.8. The van der Waals surface area contributed by atoms with Gasteiger partial charge in [0.1, 0.15) is 17.8 Å². The Balaban J connectivity index is 1.50. The lowest BCUT2D eigenvalue weighted by molar-refractivity contribution is 0.102. The summed E-state index contributed by atoms with van der Waals surface area (Å²) in [4.78, 5) is 17.2. The molecule has 0 radical (unpaired) electrons. The molecule has 3 aromatic rings. The van der Waals surface area contributed by atoms with Crippen LogP contribution in [0.2, 0.25) is 0 Å². The van der Waals surface area contributed by atoms with Crippen molar-refractivity contribution in [2.24, 2.45) is 0 Å². The molecule has 4 rings (SSSR count). The SMILES string of the molecule is CC(C)(C)c1ccc(O)c(NC(=O)c2cn(-c3ccc(S(=O)(=O)N4CCCCC4)cc3)cn2)c1. The zero-order valence-corrected chi connectivity index (χ0v) is 20.5. The van der Waals surface area contributed by atoms with Crippen molar-refractivity contribution in [3.05, 3.63) is 66.2 Å². The molecule has 2 N–H and O–H groups in total. The summed E-state index contributed by atoms with van der Waals surface area (Å²) >= 11 is 0. The number of amides is 1. The third kappa shape index (κ3) is 5.00. The van der Waals surface area contributed by atoms with Crippen LogP contribution in [-0.2, 0) is 15.4 Å². The molecular formula is C25H30N4O4S. The van der Waals surface area contributed by atoms with Gasteiger partial charge in [-0.05, 0) is 60.2 Å². The highest BCUT2D eigenvalue weighted by atomic mass is 32.2. The Morgan fingerprint density at radius 3 is 2.35 bits per heavy atom. The molecule has 9 heteroatoms. The van der Waals surface area contributed by atoms with E-state index in [1.165, 1.54) is 10.6 Å². The summed E-state index contributed by atoms with van der Waals surface area (Å²) in [7, 11) is -3.50. The number of phenolic OH excluding ortho intramolecular Hbond substituents is 1. The maximum atomic E-state index is 12.8. The Hall–Kier alpha value is -3.17. The number of phenols is 1. The van der Waals surface area contributed by atoms with E-state index < -0.39 is 15.9 Å². The van der Waals surface area contributed by atoms with Gasteiger partial charge in [0.25, 0.3) is 5.91 Å². The van der Waals surface area contributed by atoms with Crippen LogP contribution in [0.4, 0.5) is 5.69 Å². The number of hydrogen-bond acceptors (Lipinski definition) is 5. The van der Waals surface area contributed by atoms with E-state index >= 15 is 0 Å². The first-order valence-electron chi connectivity index (χ1n) is 11.4. The summed E-state index contributed by atoms with van der Waals surface area (Å²) < 4.78 is 28.9. The molecule has 8 nitrogen and oxygen atoms in total. The van der Waals surface area contributed by atoms with Crippen LogP contribution in [0, 0.1) is 0 Å². The first-order chi connectivity index (χ1) is 16.1. The Kier molecular flexibility index (Phi) is 6.51.